The van der Waals surface area contributed by atoms with Crippen LogP contribution in [0.5, 0.6) is 0 Å². The molecule has 0 saturated carbocycles. The summed E-state index contributed by atoms with van der Waals surface area (Å²) < 4.78 is 1.02. The Kier molecular flexibility index (Phi) is 9.05. The minimum absolute atomic E-state index is 0.123. The zero-order valence-electron chi connectivity index (χ0n) is 18.0. The molecule has 8 heteroatoms. The van der Waals surface area contributed by atoms with Crippen LogP contribution in [0.25, 0.3) is 10.2 Å². The number of halogens is 2. The molecule has 4 nitrogen and oxygen atoms in total. The Balaban J connectivity index is 1.66. The van der Waals surface area contributed by atoms with Crippen LogP contribution in [0.2, 0.25) is 10.0 Å². The molecule has 3 aromatic rings. The quantitative estimate of drug-likeness (QED) is 0.229. The first-order valence-corrected chi connectivity index (χ1v) is 12.8. The molecular formula is C23H27Cl2N3OS2. The second-order valence-corrected chi connectivity index (χ2v) is 10.7. The predicted molar refractivity (Wildman–Crippen MR) is 136 cm³/mol. The maximum absolute atomic E-state index is 13.1. The molecule has 1 heterocycles. The van der Waals surface area contributed by atoms with E-state index in [2.05, 4.69) is 4.90 Å². The Hall–Kier alpha value is -1.31. The van der Waals surface area contributed by atoms with Gasteiger partial charge in [-0.3, -0.25) is 9.69 Å². The van der Waals surface area contributed by atoms with Crippen LogP contribution in [0.1, 0.15) is 24.8 Å². The van der Waals surface area contributed by atoms with E-state index in [4.69, 9.17) is 28.2 Å². The van der Waals surface area contributed by atoms with Gasteiger partial charge >= 0.3 is 0 Å². The molecule has 0 spiro atoms. The van der Waals surface area contributed by atoms with Gasteiger partial charge in [0.15, 0.2) is 5.13 Å². The van der Waals surface area contributed by atoms with Gasteiger partial charge in [-0.2, -0.15) is 0 Å². The third-order valence-corrected chi connectivity index (χ3v) is 7.37. The molecule has 0 aliphatic heterocycles. The normalized spacial score (nSPS) is 11.4. The molecule has 0 N–H and O–H groups in total. The number of amides is 1. The van der Waals surface area contributed by atoms with Crippen LogP contribution in [0, 0.1) is 6.92 Å². The van der Waals surface area contributed by atoms with Gasteiger partial charge in [0.05, 0.1) is 10.2 Å². The summed E-state index contributed by atoms with van der Waals surface area (Å²) in [6, 6.07) is 11.6. The molecule has 166 valence electrons. The third-order valence-electron chi connectivity index (χ3n) is 4.78. The number of thioether (sulfide) groups is 1. The molecule has 0 unspecified atom stereocenters. The van der Waals surface area contributed by atoms with E-state index in [1.165, 1.54) is 16.2 Å². The summed E-state index contributed by atoms with van der Waals surface area (Å²) in [6.07, 6.45) is 2.21. The van der Waals surface area contributed by atoms with Gasteiger partial charge in [0.2, 0.25) is 5.91 Å². The van der Waals surface area contributed by atoms with E-state index >= 15 is 0 Å². The number of hydrogen-bond donors (Lipinski definition) is 0. The molecule has 0 aliphatic rings. The van der Waals surface area contributed by atoms with Crippen molar-refractivity contribution in [2.45, 2.75) is 31.1 Å². The number of fused-ring (bicyclic) bond motifs is 1. The monoisotopic (exact) mass is 495 g/mol. The zero-order valence-corrected chi connectivity index (χ0v) is 21.2. The van der Waals surface area contributed by atoms with Gasteiger partial charge < -0.3 is 4.90 Å². The number of aromatic nitrogens is 1. The van der Waals surface area contributed by atoms with Gasteiger partial charge in [-0.15, -0.1) is 11.8 Å². The summed E-state index contributed by atoms with van der Waals surface area (Å²) in [4.78, 5) is 23.1. The highest BCUT2D eigenvalue weighted by Crippen LogP contribution is 2.33. The standard InChI is InChI=1S/C23H27Cl2N3OS2/c1-16-14-18(25)15-20-22(16)26-23(31-20)28(12-5-11-27(2)3)21(29)6-4-13-30-19-9-7-17(24)8-10-19/h7-10,14-15H,4-6,11-13H2,1-3H3. The average Bonchev–Trinajstić information content (AvgIpc) is 3.13. The number of aryl methyl sites for hydroxylation is 1. The molecule has 2 aromatic carbocycles. The number of rotatable bonds is 10. The molecule has 0 radical (unpaired) electrons. The van der Waals surface area contributed by atoms with Crippen molar-refractivity contribution in [2.75, 3.05) is 37.8 Å². The van der Waals surface area contributed by atoms with Crippen LogP contribution in [0.3, 0.4) is 0 Å². The first-order valence-electron chi connectivity index (χ1n) is 10.2. The van der Waals surface area contributed by atoms with Crippen molar-refractivity contribution in [2.24, 2.45) is 0 Å². The van der Waals surface area contributed by atoms with Gasteiger partial charge in [-0.25, -0.2) is 4.98 Å². The second-order valence-electron chi connectivity index (χ2n) is 7.67. The molecule has 3 rings (SSSR count). The highest BCUT2D eigenvalue weighted by Gasteiger charge is 2.20. The van der Waals surface area contributed by atoms with E-state index < -0.39 is 0 Å². The molecule has 0 fully saturated rings. The van der Waals surface area contributed by atoms with Crippen molar-refractivity contribution in [3.63, 3.8) is 0 Å². The number of hydrogen-bond acceptors (Lipinski definition) is 5. The van der Waals surface area contributed by atoms with Crippen molar-refractivity contribution in [1.82, 2.24) is 9.88 Å². The Morgan fingerprint density at radius 1 is 1.06 bits per heavy atom. The van der Waals surface area contributed by atoms with Crippen LogP contribution in [-0.4, -0.2) is 48.7 Å². The SMILES string of the molecule is Cc1cc(Cl)cc2sc(N(CCCN(C)C)C(=O)CCCSc3ccc(Cl)cc3)nc12. The minimum atomic E-state index is 0.123. The first-order chi connectivity index (χ1) is 14.8. The Labute approximate surface area is 202 Å². The maximum atomic E-state index is 13.1. The average molecular weight is 497 g/mol. The topological polar surface area (TPSA) is 36.4 Å². The number of nitrogens with zero attached hydrogens (tertiary/aromatic N) is 3. The summed E-state index contributed by atoms with van der Waals surface area (Å²) in [5, 5.41) is 2.19. The summed E-state index contributed by atoms with van der Waals surface area (Å²) >= 11 is 15.4. The van der Waals surface area contributed by atoms with Crippen molar-refractivity contribution >= 4 is 67.6 Å². The van der Waals surface area contributed by atoms with Crippen molar-refractivity contribution in [1.29, 1.82) is 0 Å². The van der Waals surface area contributed by atoms with E-state index in [-0.39, 0.29) is 5.91 Å². The molecule has 1 amide bonds. The Morgan fingerprint density at radius 3 is 2.52 bits per heavy atom. The summed E-state index contributed by atoms with van der Waals surface area (Å²) in [7, 11) is 4.09. The highest BCUT2D eigenvalue weighted by molar-refractivity contribution is 7.99. The summed E-state index contributed by atoms with van der Waals surface area (Å²) in [6.45, 7) is 3.59. The molecule has 0 bridgehead atoms. The van der Waals surface area contributed by atoms with Crippen LogP contribution in [0.15, 0.2) is 41.3 Å². The molecule has 0 aliphatic carbocycles. The van der Waals surface area contributed by atoms with E-state index in [1.807, 2.05) is 62.3 Å². The van der Waals surface area contributed by atoms with E-state index in [0.717, 1.165) is 51.1 Å². The molecular weight excluding hydrogens is 469 g/mol. The second kappa shape index (κ2) is 11.5. The van der Waals surface area contributed by atoms with Crippen LogP contribution in [-0.2, 0) is 4.79 Å². The highest BCUT2D eigenvalue weighted by atomic mass is 35.5. The number of anilines is 1. The number of carbonyl (C=O) groups is 1. The van der Waals surface area contributed by atoms with Gasteiger partial charge in [0, 0.05) is 27.9 Å². The van der Waals surface area contributed by atoms with E-state index in [1.54, 1.807) is 11.8 Å². The first kappa shape index (κ1) is 24.3. The van der Waals surface area contributed by atoms with Crippen molar-refractivity contribution in [3.8, 4) is 0 Å². The van der Waals surface area contributed by atoms with Crippen LogP contribution < -0.4 is 4.90 Å². The third kappa shape index (κ3) is 7.09. The lowest BCUT2D eigenvalue weighted by molar-refractivity contribution is -0.118. The van der Waals surface area contributed by atoms with Gasteiger partial charge in [0.1, 0.15) is 0 Å². The molecule has 0 saturated heterocycles. The van der Waals surface area contributed by atoms with Gasteiger partial charge in [-0.1, -0.05) is 34.5 Å². The van der Waals surface area contributed by atoms with Crippen LogP contribution >= 0.6 is 46.3 Å². The largest absolute Gasteiger partial charge is 0.309 e. The Morgan fingerprint density at radius 2 is 1.81 bits per heavy atom. The smallest absolute Gasteiger partial charge is 0.228 e. The summed E-state index contributed by atoms with van der Waals surface area (Å²) in [5.74, 6) is 1.01. The lowest BCUT2D eigenvalue weighted by Gasteiger charge is -2.21. The van der Waals surface area contributed by atoms with E-state index in [9.17, 15) is 4.79 Å². The van der Waals surface area contributed by atoms with Gasteiger partial charge in [0.25, 0.3) is 0 Å². The lowest BCUT2D eigenvalue weighted by atomic mass is 10.2. The maximum Gasteiger partial charge on any atom is 0.228 e. The van der Waals surface area contributed by atoms with Gasteiger partial charge in [-0.05, 0) is 88.1 Å². The molecule has 0 atom stereocenters. The zero-order chi connectivity index (χ0) is 22.4. The van der Waals surface area contributed by atoms with Crippen molar-refractivity contribution in [3.05, 3.63) is 52.0 Å². The minimum Gasteiger partial charge on any atom is -0.309 e. The fourth-order valence-electron chi connectivity index (χ4n) is 3.21. The molecule has 1 aromatic heterocycles. The molecule has 31 heavy (non-hydrogen) atoms. The van der Waals surface area contributed by atoms with Crippen LogP contribution in [0.4, 0.5) is 5.13 Å². The lowest BCUT2D eigenvalue weighted by Crippen LogP contribution is -2.33. The number of carbonyl (C=O) groups excluding carboxylic acids is 1. The number of benzene rings is 2. The number of thiazole rings is 1. The van der Waals surface area contributed by atoms with E-state index in [0.29, 0.717) is 18.0 Å². The predicted octanol–water partition coefficient (Wildman–Crippen LogP) is 6.77. The fraction of sp³-hybridized carbons (Fsp3) is 0.391. The fourth-order valence-corrected chi connectivity index (χ4v) is 5.65. The summed E-state index contributed by atoms with van der Waals surface area (Å²) in [5.41, 5.74) is 1.96. The Bertz CT molecular complexity index is 1020. The van der Waals surface area contributed by atoms with Crippen molar-refractivity contribution < 1.29 is 4.79 Å².